The highest BCUT2D eigenvalue weighted by Crippen LogP contribution is 2.16. The van der Waals surface area contributed by atoms with Gasteiger partial charge in [-0.25, -0.2) is 4.68 Å². The molecule has 0 aliphatic carbocycles. The fraction of sp³-hybridized carbons (Fsp3) is 0.125. The Hall–Kier alpha value is -3.42. The fourth-order valence-electron chi connectivity index (χ4n) is 2.18. The van der Waals surface area contributed by atoms with Crippen LogP contribution in [0.4, 0.5) is 0 Å². The van der Waals surface area contributed by atoms with Crippen LogP contribution in [0.5, 0.6) is 0 Å². The van der Waals surface area contributed by atoms with E-state index < -0.39 is 5.91 Å². The minimum Gasteiger partial charge on any atom is -0.459 e. The van der Waals surface area contributed by atoms with E-state index in [1.807, 2.05) is 31.2 Å². The number of furan rings is 1. The lowest BCUT2D eigenvalue weighted by Gasteiger charge is -2.13. The maximum absolute atomic E-state index is 12.0. The molecule has 3 rings (SSSR count). The van der Waals surface area contributed by atoms with Crippen molar-refractivity contribution in [2.75, 3.05) is 0 Å². The van der Waals surface area contributed by atoms with Crippen LogP contribution >= 0.6 is 0 Å². The van der Waals surface area contributed by atoms with E-state index >= 15 is 0 Å². The summed E-state index contributed by atoms with van der Waals surface area (Å²) in [7, 11) is 0. The van der Waals surface area contributed by atoms with E-state index in [0.29, 0.717) is 0 Å². The van der Waals surface area contributed by atoms with Crippen LogP contribution in [0.1, 0.15) is 39.6 Å². The lowest BCUT2D eigenvalue weighted by Crippen LogP contribution is -2.26. The number of hydrogen-bond acceptors (Lipinski definition) is 5. The summed E-state index contributed by atoms with van der Waals surface area (Å²) in [5.74, 6) is -0.647. The molecule has 122 valence electrons. The second kappa shape index (κ2) is 6.37. The van der Waals surface area contributed by atoms with Crippen LogP contribution < -0.4 is 11.1 Å². The van der Waals surface area contributed by atoms with Gasteiger partial charge in [0.1, 0.15) is 0 Å². The molecule has 0 saturated heterocycles. The molecule has 2 heterocycles. The van der Waals surface area contributed by atoms with Crippen molar-refractivity contribution >= 4 is 11.8 Å². The van der Waals surface area contributed by atoms with E-state index in [-0.39, 0.29) is 23.4 Å². The molecule has 0 bridgehead atoms. The average Bonchev–Trinajstić information content (AvgIpc) is 3.26. The Bertz CT molecular complexity index is 852. The molecule has 0 fully saturated rings. The molecule has 8 heteroatoms. The summed E-state index contributed by atoms with van der Waals surface area (Å²) in [4.78, 5) is 23.0. The highest BCUT2D eigenvalue weighted by molar-refractivity contribution is 5.91. The number of benzene rings is 1. The summed E-state index contributed by atoms with van der Waals surface area (Å²) in [6.45, 7) is 1.87. The molecule has 1 unspecified atom stereocenters. The zero-order valence-electron chi connectivity index (χ0n) is 12.8. The third-order valence-corrected chi connectivity index (χ3v) is 3.50. The first kappa shape index (κ1) is 15.5. The number of amides is 2. The number of nitrogens with one attached hydrogen (secondary N) is 1. The lowest BCUT2D eigenvalue weighted by atomic mass is 10.1. The van der Waals surface area contributed by atoms with Crippen LogP contribution in [0.15, 0.2) is 53.3 Å². The molecule has 0 saturated carbocycles. The highest BCUT2D eigenvalue weighted by atomic mass is 16.3. The maximum atomic E-state index is 12.0. The molecule has 0 spiro atoms. The predicted octanol–water partition coefficient (Wildman–Crippen LogP) is 1.45. The quantitative estimate of drug-likeness (QED) is 0.736. The van der Waals surface area contributed by atoms with Gasteiger partial charge in [-0.3, -0.25) is 9.59 Å². The van der Waals surface area contributed by atoms with Crippen LogP contribution in [0, 0.1) is 0 Å². The highest BCUT2D eigenvalue weighted by Gasteiger charge is 2.14. The number of nitrogens with zero attached hydrogens (tertiary/aromatic N) is 3. The Labute approximate surface area is 137 Å². The largest absolute Gasteiger partial charge is 0.459 e. The Balaban J connectivity index is 1.71. The van der Waals surface area contributed by atoms with Crippen LogP contribution in [-0.4, -0.2) is 26.8 Å². The summed E-state index contributed by atoms with van der Waals surface area (Å²) in [6.07, 6.45) is 2.91. The Morgan fingerprint density at radius 2 is 2.00 bits per heavy atom. The monoisotopic (exact) mass is 325 g/mol. The molecular weight excluding hydrogens is 310 g/mol. The van der Waals surface area contributed by atoms with Gasteiger partial charge in [-0.05, 0) is 36.8 Å². The van der Waals surface area contributed by atoms with Crippen molar-refractivity contribution in [2.45, 2.75) is 13.0 Å². The van der Waals surface area contributed by atoms with Gasteiger partial charge in [-0.2, -0.15) is 0 Å². The van der Waals surface area contributed by atoms with Gasteiger partial charge in [-0.15, -0.1) is 5.10 Å². The van der Waals surface area contributed by atoms with Crippen LogP contribution in [-0.2, 0) is 0 Å². The molecule has 8 nitrogen and oxygen atoms in total. The second-order valence-corrected chi connectivity index (χ2v) is 5.18. The molecule has 3 N–H and O–H groups in total. The van der Waals surface area contributed by atoms with Gasteiger partial charge in [0.25, 0.3) is 11.8 Å². The minimum absolute atomic E-state index is 0.0955. The minimum atomic E-state index is -0.632. The summed E-state index contributed by atoms with van der Waals surface area (Å²) in [5, 5.41) is 10.4. The molecule has 1 aromatic carbocycles. The van der Waals surface area contributed by atoms with Gasteiger partial charge in [0.05, 0.1) is 24.2 Å². The van der Waals surface area contributed by atoms with E-state index in [1.165, 1.54) is 17.1 Å². The number of hydrogen-bond donors (Lipinski definition) is 2. The number of aromatic nitrogens is 3. The van der Waals surface area contributed by atoms with Crippen LogP contribution in [0.3, 0.4) is 0 Å². The van der Waals surface area contributed by atoms with Crippen molar-refractivity contribution in [3.63, 3.8) is 0 Å². The molecule has 0 aliphatic heterocycles. The second-order valence-electron chi connectivity index (χ2n) is 5.18. The lowest BCUT2D eigenvalue weighted by molar-refractivity contribution is 0.0911. The molecule has 0 aliphatic rings. The number of carbonyl (C=O) groups is 2. The Morgan fingerprint density at radius 3 is 2.58 bits per heavy atom. The first-order valence-electron chi connectivity index (χ1n) is 7.21. The number of nitrogens with two attached hydrogens (primary N) is 1. The SMILES string of the molecule is CC(NC(=O)c1ccco1)c1ccc(-n2cc(C(N)=O)nn2)cc1. The smallest absolute Gasteiger partial charge is 0.287 e. The fourth-order valence-corrected chi connectivity index (χ4v) is 2.18. The third kappa shape index (κ3) is 3.17. The van der Waals surface area contributed by atoms with E-state index in [1.54, 1.807) is 12.1 Å². The molecule has 0 radical (unpaired) electrons. The van der Waals surface area contributed by atoms with Crippen molar-refractivity contribution in [1.82, 2.24) is 20.3 Å². The van der Waals surface area contributed by atoms with E-state index in [0.717, 1.165) is 11.3 Å². The van der Waals surface area contributed by atoms with Gasteiger partial charge in [-0.1, -0.05) is 17.3 Å². The van der Waals surface area contributed by atoms with Crippen LogP contribution in [0.2, 0.25) is 0 Å². The molecule has 3 aromatic rings. The van der Waals surface area contributed by atoms with Crippen molar-refractivity contribution < 1.29 is 14.0 Å². The molecule has 1 atom stereocenters. The number of rotatable bonds is 5. The molecule has 24 heavy (non-hydrogen) atoms. The summed E-state index contributed by atoms with van der Waals surface area (Å²) in [5.41, 5.74) is 6.88. The topological polar surface area (TPSA) is 116 Å². The van der Waals surface area contributed by atoms with Gasteiger partial charge in [0.2, 0.25) is 0 Å². The zero-order valence-corrected chi connectivity index (χ0v) is 12.8. The van der Waals surface area contributed by atoms with Crippen molar-refractivity contribution in [3.05, 3.63) is 65.9 Å². The summed E-state index contributed by atoms with van der Waals surface area (Å²) >= 11 is 0. The first-order chi connectivity index (χ1) is 11.5. The standard InChI is InChI=1S/C16H15N5O3/c1-10(18-16(23)14-3-2-8-24-14)11-4-6-12(7-5-11)21-9-13(15(17)22)19-20-21/h2-10H,1H3,(H2,17,22)(H,18,23). The number of carbonyl (C=O) groups excluding carboxylic acids is 2. The average molecular weight is 325 g/mol. The first-order valence-corrected chi connectivity index (χ1v) is 7.21. The third-order valence-electron chi connectivity index (χ3n) is 3.50. The van der Waals surface area contributed by atoms with Crippen molar-refractivity contribution in [3.8, 4) is 5.69 Å². The predicted molar refractivity (Wildman–Crippen MR) is 84.5 cm³/mol. The van der Waals surface area contributed by atoms with E-state index in [9.17, 15) is 9.59 Å². The van der Waals surface area contributed by atoms with Gasteiger partial charge < -0.3 is 15.5 Å². The molecular formula is C16H15N5O3. The van der Waals surface area contributed by atoms with Crippen molar-refractivity contribution in [2.24, 2.45) is 5.73 Å². The van der Waals surface area contributed by atoms with E-state index in [2.05, 4.69) is 15.6 Å². The maximum Gasteiger partial charge on any atom is 0.287 e. The Morgan fingerprint density at radius 1 is 1.25 bits per heavy atom. The molecule has 2 amide bonds. The van der Waals surface area contributed by atoms with Gasteiger partial charge in [0, 0.05) is 0 Å². The summed E-state index contributed by atoms with van der Waals surface area (Å²) < 4.78 is 6.52. The number of primary amides is 1. The zero-order chi connectivity index (χ0) is 17.1. The van der Waals surface area contributed by atoms with E-state index in [4.69, 9.17) is 10.2 Å². The van der Waals surface area contributed by atoms with Crippen molar-refractivity contribution in [1.29, 1.82) is 0 Å². The van der Waals surface area contributed by atoms with Gasteiger partial charge >= 0.3 is 0 Å². The molecule has 2 aromatic heterocycles. The van der Waals surface area contributed by atoms with Crippen LogP contribution in [0.25, 0.3) is 5.69 Å². The van der Waals surface area contributed by atoms with Gasteiger partial charge in [0.15, 0.2) is 11.5 Å². The summed E-state index contributed by atoms with van der Waals surface area (Å²) in [6, 6.07) is 10.4. The normalized spacial score (nSPS) is 11.9. The Kier molecular flexibility index (Phi) is 4.11.